The van der Waals surface area contributed by atoms with Gasteiger partial charge < -0.3 is 0 Å². The number of fused-ring (bicyclic) bond motifs is 3. The molecule has 2 aromatic heterocycles. The number of benzene rings is 4. The molecule has 0 amide bonds. The lowest BCUT2D eigenvalue weighted by Crippen LogP contribution is -2.15. The lowest BCUT2D eigenvalue weighted by Gasteiger charge is -2.22. The summed E-state index contributed by atoms with van der Waals surface area (Å²) in [4.78, 5) is 25.9. The van der Waals surface area contributed by atoms with E-state index in [-0.39, 0.29) is 21.3 Å². The van der Waals surface area contributed by atoms with Gasteiger partial charge in [0.2, 0.25) is 15.9 Å². The molecule has 0 atom stereocenters. The van der Waals surface area contributed by atoms with Crippen LogP contribution in [0, 0.1) is 0 Å². The van der Waals surface area contributed by atoms with Crippen molar-refractivity contribution in [3.05, 3.63) is 118 Å². The van der Waals surface area contributed by atoms with Crippen LogP contribution in [-0.2, 0) is 5.41 Å². The van der Waals surface area contributed by atoms with Crippen molar-refractivity contribution in [3.8, 4) is 56.4 Å². The monoisotopic (exact) mass is 606 g/mol. The largest absolute Gasteiger partial charge is 0.227 e. The van der Waals surface area contributed by atoms with E-state index in [1.807, 2.05) is 42.5 Å². The fourth-order valence-corrected chi connectivity index (χ4v) is 6.14. The van der Waals surface area contributed by atoms with Crippen LogP contribution in [0.2, 0.25) is 15.9 Å². The van der Waals surface area contributed by atoms with Gasteiger partial charge in [-0.05, 0) is 74.2 Å². The normalized spacial score (nSPS) is 13.1. The lowest BCUT2D eigenvalue weighted by atomic mass is 9.81. The molecule has 0 bridgehead atoms. The zero-order valence-corrected chi connectivity index (χ0v) is 24.7. The Bertz CT molecular complexity index is 1970. The van der Waals surface area contributed by atoms with Gasteiger partial charge in [-0.2, -0.15) is 24.9 Å². The molecule has 7 rings (SSSR count). The Morgan fingerprint density at radius 1 is 0.452 bits per heavy atom. The minimum absolute atomic E-state index is 0.0592. The predicted octanol–water partition coefficient (Wildman–Crippen LogP) is 8.99. The van der Waals surface area contributed by atoms with Gasteiger partial charge in [0.25, 0.3) is 0 Å². The molecule has 0 aliphatic heterocycles. The van der Waals surface area contributed by atoms with E-state index in [4.69, 9.17) is 39.8 Å². The second-order valence-electron chi connectivity index (χ2n) is 10.5. The number of nitrogens with zero attached hydrogens (tertiary/aromatic N) is 6. The summed E-state index contributed by atoms with van der Waals surface area (Å²) in [6, 6.07) is 30.7. The summed E-state index contributed by atoms with van der Waals surface area (Å²) in [7, 11) is 0. The molecular formula is C33H21Cl3N6. The van der Waals surface area contributed by atoms with Crippen LogP contribution in [0.1, 0.15) is 25.0 Å². The predicted molar refractivity (Wildman–Crippen MR) is 168 cm³/mol. The standard InChI is InChI=1S/C33H21Cl3N6/c1-33(2)24-10-6-9-22(18-11-13-20(14-12-18)28-39-31(35)42-32(36)40-28)26(24)23-16-15-21(17-25(23)33)29-37-27(38-30(34)41-29)19-7-4-3-5-8-19/h3-17H,1-2H3. The third-order valence-electron chi connectivity index (χ3n) is 7.63. The summed E-state index contributed by atoms with van der Waals surface area (Å²) >= 11 is 18.4. The maximum atomic E-state index is 6.36. The van der Waals surface area contributed by atoms with Crippen molar-refractivity contribution < 1.29 is 0 Å². The highest BCUT2D eigenvalue weighted by Gasteiger charge is 2.37. The molecule has 1 aliphatic carbocycles. The molecule has 4 aromatic carbocycles. The summed E-state index contributed by atoms with van der Waals surface area (Å²) in [6.07, 6.45) is 0. The first kappa shape index (κ1) is 26.7. The van der Waals surface area contributed by atoms with E-state index in [0.717, 1.165) is 27.8 Å². The minimum Gasteiger partial charge on any atom is -0.208 e. The summed E-state index contributed by atoms with van der Waals surface area (Å²) in [5.74, 6) is 1.51. The second-order valence-corrected chi connectivity index (χ2v) is 11.5. The quantitative estimate of drug-likeness (QED) is 0.199. The average Bonchev–Trinajstić information content (AvgIpc) is 3.23. The number of hydrogen-bond acceptors (Lipinski definition) is 6. The Balaban J connectivity index is 1.31. The Hall–Kier alpha value is -4.23. The van der Waals surface area contributed by atoms with Crippen LogP contribution in [0.15, 0.2) is 91.0 Å². The zero-order chi connectivity index (χ0) is 29.0. The molecule has 0 unspecified atom stereocenters. The number of rotatable bonds is 4. The van der Waals surface area contributed by atoms with Crippen molar-refractivity contribution in [1.82, 2.24) is 29.9 Å². The van der Waals surface area contributed by atoms with Crippen LogP contribution in [0.3, 0.4) is 0 Å². The van der Waals surface area contributed by atoms with Crippen molar-refractivity contribution in [2.24, 2.45) is 0 Å². The van der Waals surface area contributed by atoms with E-state index in [0.29, 0.717) is 17.5 Å². The first-order chi connectivity index (χ1) is 20.3. The molecule has 0 fully saturated rings. The Morgan fingerprint density at radius 2 is 1.00 bits per heavy atom. The van der Waals surface area contributed by atoms with Gasteiger partial charge in [0, 0.05) is 22.1 Å². The molecule has 0 spiro atoms. The Kier molecular flexibility index (Phi) is 6.50. The van der Waals surface area contributed by atoms with Crippen molar-refractivity contribution >= 4 is 34.8 Å². The van der Waals surface area contributed by atoms with Gasteiger partial charge in [-0.25, -0.2) is 4.98 Å². The van der Waals surface area contributed by atoms with Crippen LogP contribution in [0.5, 0.6) is 0 Å². The molecule has 2 heterocycles. The SMILES string of the molecule is CC1(C)c2cc(-c3nc(Cl)nc(-c4ccccc4)n3)ccc2-c2c(-c3ccc(-c4nc(Cl)nc(Cl)n4)cc3)cccc21. The Labute approximate surface area is 257 Å². The number of halogens is 3. The van der Waals surface area contributed by atoms with Crippen LogP contribution < -0.4 is 0 Å². The lowest BCUT2D eigenvalue weighted by molar-refractivity contribution is 0.660. The maximum Gasteiger partial charge on any atom is 0.227 e. The van der Waals surface area contributed by atoms with Gasteiger partial charge in [-0.1, -0.05) is 98.8 Å². The minimum atomic E-state index is -0.242. The van der Waals surface area contributed by atoms with E-state index in [1.54, 1.807) is 0 Å². The van der Waals surface area contributed by atoms with Gasteiger partial charge in [0.1, 0.15) is 0 Å². The summed E-state index contributed by atoms with van der Waals surface area (Å²) in [6.45, 7) is 4.50. The van der Waals surface area contributed by atoms with E-state index in [2.05, 4.69) is 87.3 Å². The number of hydrogen-bond donors (Lipinski definition) is 0. The van der Waals surface area contributed by atoms with E-state index in [1.165, 1.54) is 22.3 Å². The van der Waals surface area contributed by atoms with Gasteiger partial charge in [-0.15, -0.1) is 0 Å². The summed E-state index contributed by atoms with van der Waals surface area (Å²) in [5.41, 5.74) is 9.39. The first-order valence-electron chi connectivity index (χ1n) is 13.2. The number of aromatic nitrogens is 6. The van der Waals surface area contributed by atoms with Crippen LogP contribution >= 0.6 is 34.8 Å². The van der Waals surface area contributed by atoms with Gasteiger partial charge in [0.15, 0.2) is 17.5 Å². The van der Waals surface area contributed by atoms with E-state index >= 15 is 0 Å². The smallest absolute Gasteiger partial charge is 0.208 e. The fourth-order valence-electron chi connectivity index (χ4n) is 5.62. The third-order valence-corrected chi connectivity index (χ3v) is 8.14. The summed E-state index contributed by atoms with van der Waals surface area (Å²) in [5, 5.41) is 0.280. The molecule has 9 heteroatoms. The second kappa shape index (κ2) is 10.2. The fraction of sp³-hybridized carbons (Fsp3) is 0.0909. The maximum absolute atomic E-state index is 6.36. The molecule has 0 radical (unpaired) electrons. The van der Waals surface area contributed by atoms with Crippen LogP contribution in [-0.4, -0.2) is 29.9 Å². The molecule has 204 valence electrons. The molecule has 0 saturated heterocycles. The van der Waals surface area contributed by atoms with Crippen molar-refractivity contribution in [1.29, 1.82) is 0 Å². The van der Waals surface area contributed by atoms with Gasteiger partial charge >= 0.3 is 0 Å². The topological polar surface area (TPSA) is 77.3 Å². The molecule has 0 N–H and O–H groups in total. The van der Waals surface area contributed by atoms with E-state index < -0.39 is 0 Å². The third kappa shape index (κ3) is 4.62. The zero-order valence-electron chi connectivity index (χ0n) is 22.5. The molecule has 1 aliphatic rings. The van der Waals surface area contributed by atoms with Gasteiger partial charge in [0.05, 0.1) is 0 Å². The van der Waals surface area contributed by atoms with E-state index in [9.17, 15) is 0 Å². The van der Waals surface area contributed by atoms with Crippen molar-refractivity contribution in [3.63, 3.8) is 0 Å². The van der Waals surface area contributed by atoms with Crippen LogP contribution in [0.4, 0.5) is 0 Å². The highest BCUT2D eigenvalue weighted by Crippen LogP contribution is 2.52. The highest BCUT2D eigenvalue weighted by atomic mass is 35.5. The van der Waals surface area contributed by atoms with Gasteiger partial charge in [-0.3, -0.25) is 0 Å². The molecule has 6 nitrogen and oxygen atoms in total. The molecule has 6 aromatic rings. The first-order valence-corrected chi connectivity index (χ1v) is 14.3. The molecule has 0 saturated carbocycles. The Morgan fingerprint density at radius 3 is 1.69 bits per heavy atom. The highest BCUT2D eigenvalue weighted by molar-refractivity contribution is 6.31. The average molecular weight is 608 g/mol. The van der Waals surface area contributed by atoms with Crippen molar-refractivity contribution in [2.75, 3.05) is 0 Å². The van der Waals surface area contributed by atoms with Crippen molar-refractivity contribution in [2.45, 2.75) is 19.3 Å². The molecular weight excluding hydrogens is 587 g/mol. The summed E-state index contributed by atoms with van der Waals surface area (Å²) < 4.78 is 0. The molecule has 42 heavy (non-hydrogen) atoms. The van der Waals surface area contributed by atoms with Crippen LogP contribution in [0.25, 0.3) is 56.4 Å².